The third-order valence-corrected chi connectivity index (χ3v) is 3.85. The Kier molecular flexibility index (Phi) is 5.89. The van der Waals surface area contributed by atoms with Gasteiger partial charge in [0.1, 0.15) is 5.82 Å². The van der Waals surface area contributed by atoms with Crippen LogP contribution in [0.15, 0.2) is 24.3 Å². The lowest BCUT2D eigenvalue weighted by Gasteiger charge is -2.17. The molecule has 0 atom stereocenters. The Morgan fingerprint density at radius 1 is 1.23 bits per heavy atom. The highest BCUT2D eigenvalue weighted by Crippen LogP contribution is 2.13. The third kappa shape index (κ3) is 4.53. The molecule has 120 valence electrons. The van der Waals surface area contributed by atoms with Gasteiger partial charge in [0.25, 0.3) is 0 Å². The van der Waals surface area contributed by atoms with E-state index in [9.17, 15) is 14.0 Å². The minimum atomic E-state index is -0.646. The summed E-state index contributed by atoms with van der Waals surface area (Å²) in [5, 5.41) is 2.64. The maximum atomic E-state index is 12.9. The van der Waals surface area contributed by atoms with Crippen molar-refractivity contribution in [2.75, 3.05) is 38.1 Å². The van der Waals surface area contributed by atoms with Gasteiger partial charge in [-0.15, -0.1) is 0 Å². The molecule has 1 aliphatic rings. The van der Waals surface area contributed by atoms with Crippen molar-refractivity contribution in [2.45, 2.75) is 19.3 Å². The number of anilines is 1. The first-order chi connectivity index (χ1) is 10.6. The van der Waals surface area contributed by atoms with Crippen LogP contribution < -0.4 is 10.2 Å². The highest BCUT2D eigenvalue weighted by molar-refractivity contribution is 6.40. The molecule has 1 fully saturated rings. The molecule has 0 saturated carbocycles. The molecule has 5 nitrogen and oxygen atoms in total. The van der Waals surface area contributed by atoms with Crippen LogP contribution in [0.3, 0.4) is 0 Å². The van der Waals surface area contributed by atoms with E-state index in [-0.39, 0.29) is 5.82 Å². The number of hydrogen-bond donors (Lipinski definition) is 1. The summed E-state index contributed by atoms with van der Waals surface area (Å²) < 4.78 is 12.9. The maximum absolute atomic E-state index is 12.9. The Morgan fingerprint density at radius 3 is 2.50 bits per heavy atom. The molecule has 1 aliphatic heterocycles. The van der Waals surface area contributed by atoms with Gasteiger partial charge in [0, 0.05) is 19.3 Å². The van der Waals surface area contributed by atoms with E-state index >= 15 is 0 Å². The first-order valence-corrected chi connectivity index (χ1v) is 7.62. The molecule has 2 rings (SSSR count). The molecule has 1 heterocycles. The summed E-state index contributed by atoms with van der Waals surface area (Å²) in [6.07, 6.45) is 3.32. The molecule has 0 radical (unpaired) electrons. The van der Waals surface area contributed by atoms with Crippen molar-refractivity contribution in [1.29, 1.82) is 0 Å². The van der Waals surface area contributed by atoms with E-state index in [1.54, 1.807) is 0 Å². The molecular weight excluding hydrogens is 285 g/mol. The van der Waals surface area contributed by atoms with Gasteiger partial charge in [0.15, 0.2) is 0 Å². The van der Waals surface area contributed by atoms with Gasteiger partial charge in [-0.05, 0) is 63.2 Å². The Morgan fingerprint density at radius 2 is 1.86 bits per heavy atom. The van der Waals surface area contributed by atoms with Crippen LogP contribution in [0.4, 0.5) is 10.1 Å². The van der Waals surface area contributed by atoms with Gasteiger partial charge in [-0.25, -0.2) is 4.39 Å². The zero-order chi connectivity index (χ0) is 15.9. The predicted molar refractivity (Wildman–Crippen MR) is 83.1 cm³/mol. The second-order valence-electron chi connectivity index (χ2n) is 5.50. The fourth-order valence-electron chi connectivity index (χ4n) is 2.52. The summed E-state index contributed by atoms with van der Waals surface area (Å²) in [6.45, 7) is 3.68. The monoisotopic (exact) mass is 307 g/mol. The van der Waals surface area contributed by atoms with Gasteiger partial charge >= 0.3 is 11.8 Å². The van der Waals surface area contributed by atoms with E-state index in [1.165, 1.54) is 49.1 Å². The zero-order valence-electron chi connectivity index (χ0n) is 12.8. The average Bonchev–Trinajstić information content (AvgIpc) is 3.04. The van der Waals surface area contributed by atoms with Gasteiger partial charge in [0.2, 0.25) is 0 Å². The number of likely N-dealkylation sites (N-methyl/N-ethyl adjacent to an activating group) is 1. The molecule has 2 amide bonds. The molecule has 0 aliphatic carbocycles. The SMILES string of the molecule is CN(C(=O)C(=O)NCCCN1CCCC1)c1ccc(F)cc1. The molecule has 22 heavy (non-hydrogen) atoms. The quantitative estimate of drug-likeness (QED) is 0.661. The van der Waals surface area contributed by atoms with Crippen LogP contribution in [0.25, 0.3) is 0 Å². The molecule has 0 unspecified atom stereocenters. The lowest BCUT2D eigenvalue weighted by Crippen LogP contribution is -2.42. The number of hydrogen-bond acceptors (Lipinski definition) is 3. The molecule has 1 N–H and O–H groups in total. The number of likely N-dealkylation sites (tertiary alicyclic amines) is 1. The van der Waals surface area contributed by atoms with E-state index in [2.05, 4.69) is 10.2 Å². The van der Waals surface area contributed by atoms with Gasteiger partial charge in [-0.2, -0.15) is 0 Å². The fourth-order valence-corrected chi connectivity index (χ4v) is 2.52. The van der Waals surface area contributed by atoms with Gasteiger partial charge in [-0.1, -0.05) is 0 Å². The zero-order valence-corrected chi connectivity index (χ0v) is 12.8. The topological polar surface area (TPSA) is 52.7 Å². The van der Waals surface area contributed by atoms with Crippen molar-refractivity contribution >= 4 is 17.5 Å². The van der Waals surface area contributed by atoms with E-state index in [0.717, 1.165) is 26.1 Å². The lowest BCUT2D eigenvalue weighted by atomic mass is 10.3. The fraction of sp³-hybridized carbons (Fsp3) is 0.500. The molecule has 0 bridgehead atoms. The molecule has 1 aromatic carbocycles. The minimum Gasteiger partial charge on any atom is -0.348 e. The van der Waals surface area contributed by atoms with Crippen molar-refractivity contribution < 1.29 is 14.0 Å². The second kappa shape index (κ2) is 7.89. The van der Waals surface area contributed by atoms with Crippen molar-refractivity contribution in [2.24, 2.45) is 0 Å². The molecule has 0 aromatic heterocycles. The maximum Gasteiger partial charge on any atom is 0.316 e. The first-order valence-electron chi connectivity index (χ1n) is 7.62. The highest BCUT2D eigenvalue weighted by atomic mass is 19.1. The van der Waals surface area contributed by atoms with Gasteiger partial charge in [-0.3, -0.25) is 9.59 Å². The summed E-state index contributed by atoms with van der Waals surface area (Å²) in [6, 6.07) is 5.45. The van der Waals surface area contributed by atoms with Crippen LogP contribution >= 0.6 is 0 Å². The summed E-state index contributed by atoms with van der Waals surface area (Å²) >= 11 is 0. The molecule has 1 saturated heterocycles. The van der Waals surface area contributed by atoms with Gasteiger partial charge < -0.3 is 15.1 Å². The molecule has 0 spiro atoms. The van der Waals surface area contributed by atoms with Crippen LogP contribution in [0.1, 0.15) is 19.3 Å². The molecular formula is C16H22FN3O2. The summed E-state index contributed by atoms with van der Waals surface area (Å²) in [7, 11) is 1.50. The Bertz CT molecular complexity index is 513. The number of carbonyl (C=O) groups is 2. The van der Waals surface area contributed by atoms with E-state index in [1.807, 2.05) is 0 Å². The number of halogens is 1. The second-order valence-corrected chi connectivity index (χ2v) is 5.50. The number of amides is 2. The van der Waals surface area contributed by atoms with Gasteiger partial charge in [0.05, 0.1) is 0 Å². The normalized spacial score (nSPS) is 14.8. The number of nitrogens with zero attached hydrogens (tertiary/aromatic N) is 2. The predicted octanol–water partition coefficient (Wildman–Crippen LogP) is 1.39. The largest absolute Gasteiger partial charge is 0.348 e. The van der Waals surface area contributed by atoms with Crippen LogP contribution in [0.5, 0.6) is 0 Å². The number of rotatable bonds is 5. The summed E-state index contributed by atoms with van der Waals surface area (Å²) in [4.78, 5) is 27.4. The number of carbonyl (C=O) groups excluding carboxylic acids is 2. The number of benzene rings is 1. The standard InChI is InChI=1S/C16H22FN3O2/c1-19(14-7-5-13(17)6-8-14)16(22)15(21)18-9-4-12-20-10-2-3-11-20/h5-8H,2-4,9-12H2,1H3,(H,18,21). The van der Waals surface area contributed by atoms with E-state index in [4.69, 9.17) is 0 Å². The summed E-state index contributed by atoms with van der Waals surface area (Å²) in [5.74, 6) is -1.66. The molecule has 6 heteroatoms. The molecule has 1 aromatic rings. The van der Waals surface area contributed by atoms with Crippen molar-refractivity contribution in [3.8, 4) is 0 Å². The minimum absolute atomic E-state index is 0.379. The van der Waals surface area contributed by atoms with Crippen molar-refractivity contribution in [1.82, 2.24) is 10.2 Å². The Balaban J connectivity index is 1.73. The Hall–Kier alpha value is -1.95. The average molecular weight is 307 g/mol. The van der Waals surface area contributed by atoms with Crippen LogP contribution in [0.2, 0.25) is 0 Å². The van der Waals surface area contributed by atoms with Crippen molar-refractivity contribution in [3.63, 3.8) is 0 Å². The van der Waals surface area contributed by atoms with Crippen LogP contribution in [-0.4, -0.2) is 49.9 Å². The number of nitrogens with one attached hydrogen (secondary N) is 1. The van der Waals surface area contributed by atoms with E-state index < -0.39 is 11.8 Å². The van der Waals surface area contributed by atoms with Crippen LogP contribution in [-0.2, 0) is 9.59 Å². The highest BCUT2D eigenvalue weighted by Gasteiger charge is 2.19. The third-order valence-electron chi connectivity index (χ3n) is 3.85. The lowest BCUT2D eigenvalue weighted by molar-refractivity contribution is -0.137. The summed E-state index contributed by atoms with van der Waals surface area (Å²) in [5.41, 5.74) is 0.485. The van der Waals surface area contributed by atoms with Crippen molar-refractivity contribution in [3.05, 3.63) is 30.1 Å². The smallest absolute Gasteiger partial charge is 0.316 e. The first kappa shape index (κ1) is 16.4. The van der Waals surface area contributed by atoms with E-state index in [0.29, 0.717) is 12.2 Å². The Labute approximate surface area is 130 Å². The van der Waals surface area contributed by atoms with Crippen LogP contribution in [0, 0.1) is 5.82 Å².